The van der Waals surface area contributed by atoms with Gasteiger partial charge in [-0.25, -0.2) is 8.42 Å². The van der Waals surface area contributed by atoms with Crippen LogP contribution in [0.1, 0.15) is 32.1 Å². The first-order valence-corrected chi connectivity index (χ1v) is 8.51. The van der Waals surface area contributed by atoms with Gasteiger partial charge >= 0.3 is 0 Å². The number of hydrogen-bond donors (Lipinski definition) is 0. The lowest BCUT2D eigenvalue weighted by Crippen LogP contribution is -2.44. The van der Waals surface area contributed by atoms with Crippen molar-refractivity contribution in [2.45, 2.75) is 32.1 Å². The van der Waals surface area contributed by atoms with Crippen molar-refractivity contribution in [3.8, 4) is 0 Å². The Morgan fingerprint density at radius 2 is 1.44 bits per heavy atom. The largest absolute Gasteiger partial charge is 0.254 e. The third kappa shape index (κ3) is 2.04. The van der Waals surface area contributed by atoms with Gasteiger partial charge in [0.2, 0.25) is 0 Å². The Hall–Kier alpha value is -0.0200. The molecule has 0 unspecified atom stereocenters. The summed E-state index contributed by atoms with van der Waals surface area (Å²) in [5, 5.41) is 1.21. The van der Waals surface area contributed by atoms with Gasteiger partial charge in [-0.2, -0.15) is 0 Å². The average Bonchev–Trinajstić information content (AvgIpc) is 2.13. The monoisotopic (exact) mass is 260 g/mol. The molecule has 0 atom stereocenters. The van der Waals surface area contributed by atoms with Crippen molar-refractivity contribution in [3.63, 3.8) is 0 Å². The Balaban J connectivity index is 1.80. The molecule has 4 bridgehead atoms. The van der Waals surface area contributed by atoms with E-state index in [0.29, 0.717) is 5.92 Å². The lowest BCUT2D eigenvalue weighted by Gasteiger charge is -2.53. The molecular formula is C12H17ClO2S. The molecule has 0 spiro atoms. The van der Waals surface area contributed by atoms with Gasteiger partial charge < -0.3 is 0 Å². The molecule has 90 valence electrons. The standard InChI is InChI=1S/C12H17ClO2S/c13-16(14,15)2-1-12-10-4-8-3-9(6-10)7-11(12)5-8/h1-2,8-12H,3-7H2/b2-1+. The van der Waals surface area contributed by atoms with Crippen LogP contribution in [-0.4, -0.2) is 8.42 Å². The maximum absolute atomic E-state index is 10.9. The van der Waals surface area contributed by atoms with Crippen LogP contribution in [0.3, 0.4) is 0 Å². The van der Waals surface area contributed by atoms with Crippen LogP contribution in [0.25, 0.3) is 0 Å². The molecule has 4 saturated carbocycles. The highest BCUT2D eigenvalue weighted by Gasteiger charge is 2.47. The molecule has 4 rings (SSSR count). The molecule has 0 aromatic rings. The summed E-state index contributed by atoms with van der Waals surface area (Å²) in [5.74, 6) is 3.79. The average molecular weight is 261 g/mol. The maximum atomic E-state index is 10.9. The van der Waals surface area contributed by atoms with E-state index in [1.54, 1.807) is 0 Å². The van der Waals surface area contributed by atoms with Crippen molar-refractivity contribution in [2.24, 2.45) is 29.6 Å². The number of allylic oxidation sites excluding steroid dienone is 1. The minimum absolute atomic E-state index is 0.473. The first kappa shape index (κ1) is 11.1. The van der Waals surface area contributed by atoms with E-state index < -0.39 is 9.05 Å². The number of halogens is 1. The van der Waals surface area contributed by atoms with Gasteiger partial charge in [0, 0.05) is 16.1 Å². The molecular weight excluding hydrogens is 244 g/mol. The van der Waals surface area contributed by atoms with Crippen LogP contribution in [0.2, 0.25) is 0 Å². The van der Waals surface area contributed by atoms with E-state index in [0.717, 1.165) is 23.7 Å². The summed E-state index contributed by atoms with van der Waals surface area (Å²) < 4.78 is 21.9. The molecule has 0 saturated heterocycles. The predicted octanol–water partition coefficient (Wildman–Crippen LogP) is 3.14. The fraction of sp³-hybridized carbons (Fsp3) is 0.833. The van der Waals surface area contributed by atoms with Gasteiger partial charge in [0.1, 0.15) is 0 Å². The van der Waals surface area contributed by atoms with Gasteiger partial charge in [-0.05, 0) is 61.7 Å². The molecule has 0 aliphatic heterocycles. The van der Waals surface area contributed by atoms with Gasteiger partial charge in [-0.15, -0.1) is 0 Å². The van der Waals surface area contributed by atoms with Crippen molar-refractivity contribution < 1.29 is 8.42 Å². The fourth-order valence-corrected chi connectivity index (χ4v) is 5.01. The molecule has 0 aromatic heterocycles. The van der Waals surface area contributed by atoms with Gasteiger partial charge in [-0.1, -0.05) is 6.08 Å². The van der Waals surface area contributed by atoms with E-state index in [1.165, 1.54) is 37.5 Å². The number of hydrogen-bond acceptors (Lipinski definition) is 2. The van der Waals surface area contributed by atoms with Crippen molar-refractivity contribution in [1.29, 1.82) is 0 Å². The smallest absolute Gasteiger partial charge is 0.208 e. The first-order valence-electron chi connectivity index (χ1n) is 6.14. The molecule has 4 aliphatic carbocycles. The molecule has 4 aliphatic rings. The molecule has 16 heavy (non-hydrogen) atoms. The van der Waals surface area contributed by atoms with Crippen molar-refractivity contribution in [3.05, 3.63) is 11.5 Å². The molecule has 2 nitrogen and oxygen atoms in total. The van der Waals surface area contributed by atoms with Gasteiger partial charge in [0.05, 0.1) is 0 Å². The summed E-state index contributed by atoms with van der Waals surface area (Å²) in [6.07, 6.45) is 8.54. The summed E-state index contributed by atoms with van der Waals surface area (Å²) in [5.41, 5.74) is 0. The van der Waals surface area contributed by atoms with Crippen LogP contribution >= 0.6 is 10.7 Å². The van der Waals surface area contributed by atoms with E-state index in [4.69, 9.17) is 10.7 Å². The highest BCUT2D eigenvalue weighted by molar-refractivity contribution is 8.16. The van der Waals surface area contributed by atoms with Gasteiger partial charge in [-0.3, -0.25) is 0 Å². The highest BCUT2D eigenvalue weighted by Crippen LogP contribution is 2.56. The minimum Gasteiger partial charge on any atom is -0.208 e. The molecule has 4 heteroatoms. The van der Waals surface area contributed by atoms with E-state index in [-0.39, 0.29) is 0 Å². The lowest BCUT2D eigenvalue weighted by atomic mass is 9.52. The Labute approximate surface area is 101 Å². The minimum atomic E-state index is -3.47. The molecule has 0 amide bonds. The van der Waals surface area contributed by atoms with Crippen LogP contribution < -0.4 is 0 Å². The fourth-order valence-electron chi connectivity index (χ4n) is 4.47. The molecule has 0 aromatic carbocycles. The van der Waals surface area contributed by atoms with Crippen LogP contribution in [0.15, 0.2) is 11.5 Å². The second-order valence-corrected chi connectivity index (χ2v) is 8.33. The van der Waals surface area contributed by atoms with Gasteiger partial charge in [0.15, 0.2) is 0 Å². The van der Waals surface area contributed by atoms with Crippen molar-refractivity contribution >= 4 is 19.7 Å². The van der Waals surface area contributed by atoms with Crippen LogP contribution in [0.5, 0.6) is 0 Å². The third-order valence-corrected chi connectivity index (χ3v) is 5.55. The van der Waals surface area contributed by atoms with Gasteiger partial charge in [0.25, 0.3) is 9.05 Å². The summed E-state index contributed by atoms with van der Waals surface area (Å²) >= 11 is 0. The van der Waals surface area contributed by atoms with Crippen molar-refractivity contribution in [1.82, 2.24) is 0 Å². The summed E-state index contributed by atoms with van der Waals surface area (Å²) in [4.78, 5) is 0. The van der Waals surface area contributed by atoms with Crippen LogP contribution in [0, 0.1) is 29.6 Å². The zero-order valence-corrected chi connectivity index (χ0v) is 10.8. The van der Waals surface area contributed by atoms with E-state index in [1.807, 2.05) is 6.08 Å². The zero-order chi connectivity index (χ0) is 11.3. The topological polar surface area (TPSA) is 34.1 Å². The third-order valence-electron chi connectivity index (χ3n) is 4.76. The van der Waals surface area contributed by atoms with E-state index in [9.17, 15) is 8.42 Å². The SMILES string of the molecule is O=S(=O)(Cl)/C=C/C1C2CC3CC(C2)CC1C3. The second-order valence-electron chi connectivity index (χ2n) is 5.81. The Morgan fingerprint density at radius 3 is 1.88 bits per heavy atom. The first-order chi connectivity index (χ1) is 7.51. The van der Waals surface area contributed by atoms with Crippen LogP contribution in [-0.2, 0) is 9.05 Å². The molecule has 0 heterocycles. The summed E-state index contributed by atoms with van der Waals surface area (Å²) in [6.45, 7) is 0. The van der Waals surface area contributed by atoms with Crippen LogP contribution in [0.4, 0.5) is 0 Å². The Bertz CT molecular complexity index is 385. The summed E-state index contributed by atoms with van der Waals surface area (Å²) in [6, 6.07) is 0. The molecule has 4 fully saturated rings. The second kappa shape index (κ2) is 3.74. The zero-order valence-electron chi connectivity index (χ0n) is 9.18. The van der Waals surface area contributed by atoms with E-state index in [2.05, 4.69) is 0 Å². The Morgan fingerprint density at radius 1 is 0.938 bits per heavy atom. The maximum Gasteiger partial charge on any atom is 0.254 e. The quantitative estimate of drug-likeness (QED) is 0.715. The van der Waals surface area contributed by atoms with Crippen molar-refractivity contribution in [2.75, 3.05) is 0 Å². The molecule has 0 N–H and O–H groups in total. The highest BCUT2D eigenvalue weighted by atomic mass is 35.7. The number of rotatable bonds is 2. The van der Waals surface area contributed by atoms with E-state index >= 15 is 0 Å². The normalized spacial score (nSPS) is 46.7. The molecule has 0 radical (unpaired) electrons. The summed E-state index contributed by atoms with van der Waals surface area (Å²) in [7, 11) is 1.77. The predicted molar refractivity (Wildman–Crippen MR) is 64.4 cm³/mol. The Kier molecular flexibility index (Phi) is 2.59. The lowest BCUT2D eigenvalue weighted by molar-refractivity contribution is -0.0160.